The zero-order chi connectivity index (χ0) is 15.4. The normalized spacial score (nSPS) is 19.0. The van der Waals surface area contributed by atoms with E-state index in [4.69, 9.17) is 4.74 Å². The minimum atomic E-state index is -0.0110. The topological polar surface area (TPSA) is 41.6 Å². The summed E-state index contributed by atoms with van der Waals surface area (Å²) in [6, 6.07) is 8.34. The highest BCUT2D eigenvalue weighted by Crippen LogP contribution is 2.25. The van der Waals surface area contributed by atoms with Crippen molar-refractivity contribution in [3.63, 3.8) is 0 Å². The number of carbonyl (C=O) groups excluding carboxylic acids is 1. The Hall–Kier alpha value is -1.81. The maximum atomic E-state index is 12.2. The van der Waals surface area contributed by atoms with Gasteiger partial charge in [-0.3, -0.25) is 4.79 Å². The fraction of sp³-hybridized carbons (Fsp3) is 0.500. The van der Waals surface area contributed by atoms with Crippen LogP contribution in [0.2, 0.25) is 0 Å². The first kappa shape index (κ1) is 15.1. The fourth-order valence-corrected chi connectivity index (χ4v) is 3.12. The van der Waals surface area contributed by atoms with Crippen LogP contribution in [-0.4, -0.2) is 43.1 Å². The number of hydrogen-bond donors (Lipinski definition) is 1. The van der Waals surface area contributed by atoms with Gasteiger partial charge in [0.05, 0.1) is 5.57 Å². The molecule has 4 nitrogen and oxygen atoms in total. The van der Waals surface area contributed by atoms with Crippen molar-refractivity contribution in [2.45, 2.75) is 32.2 Å². The van der Waals surface area contributed by atoms with Crippen molar-refractivity contribution in [3.8, 4) is 5.75 Å². The Bertz CT molecular complexity index is 562. The van der Waals surface area contributed by atoms with Gasteiger partial charge in [-0.05, 0) is 51.4 Å². The van der Waals surface area contributed by atoms with Crippen LogP contribution in [0.1, 0.15) is 31.7 Å². The largest absolute Gasteiger partial charge is 0.488 e. The van der Waals surface area contributed by atoms with E-state index in [1.165, 1.54) is 25.9 Å². The number of benzene rings is 1. The number of fused-ring (bicyclic) bond motifs is 1. The van der Waals surface area contributed by atoms with E-state index in [0.29, 0.717) is 18.2 Å². The number of amides is 1. The van der Waals surface area contributed by atoms with E-state index < -0.39 is 0 Å². The molecule has 1 N–H and O–H groups in total. The van der Waals surface area contributed by atoms with Gasteiger partial charge >= 0.3 is 0 Å². The molecule has 2 heterocycles. The van der Waals surface area contributed by atoms with Crippen LogP contribution < -0.4 is 10.1 Å². The van der Waals surface area contributed by atoms with Crippen molar-refractivity contribution in [3.05, 3.63) is 35.4 Å². The lowest BCUT2D eigenvalue weighted by molar-refractivity contribution is -0.117. The smallest absolute Gasteiger partial charge is 0.250 e. The van der Waals surface area contributed by atoms with Crippen LogP contribution in [-0.2, 0) is 4.79 Å². The summed E-state index contributed by atoms with van der Waals surface area (Å²) >= 11 is 0. The van der Waals surface area contributed by atoms with E-state index >= 15 is 0 Å². The van der Waals surface area contributed by atoms with Crippen LogP contribution in [0.5, 0.6) is 5.75 Å². The Morgan fingerprint density at radius 1 is 1.32 bits per heavy atom. The maximum Gasteiger partial charge on any atom is 0.250 e. The molecule has 0 bridgehead atoms. The van der Waals surface area contributed by atoms with Gasteiger partial charge in [0.15, 0.2) is 0 Å². The number of carbonyl (C=O) groups is 1. The van der Waals surface area contributed by atoms with Gasteiger partial charge in [-0.1, -0.05) is 18.2 Å². The molecule has 1 unspecified atom stereocenters. The molecule has 1 aromatic rings. The molecule has 0 spiro atoms. The molecular weight excluding hydrogens is 276 g/mol. The van der Waals surface area contributed by atoms with Gasteiger partial charge in [0, 0.05) is 18.2 Å². The lowest BCUT2D eigenvalue weighted by Crippen LogP contribution is -2.35. The average molecular weight is 300 g/mol. The van der Waals surface area contributed by atoms with Gasteiger partial charge in [0.2, 0.25) is 0 Å². The molecule has 2 aliphatic heterocycles. The van der Waals surface area contributed by atoms with E-state index in [1.807, 2.05) is 30.3 Å². The van der Waals surface area contributed by atoms with E-state index in [-0.39, 0.29) is 5.91 Å². The Balaban J connectivity index is 1.49. The van der Waals surface area contributed by atoms with Crippen molar-refractivity contribution >= 4 is 12.0 Å². The van der Waals surface area contributed by atoms with Crippen molar-refractivity contribution in [2.24, 2.45) is 0 Å². The first-order valence-corrected chi connectivity index (χ1v) is 8.18. The number of nitrogens with one attached hydrogen (secondary N) is 1. The van der Waals surface area contributed by atoms with Crippen molar-refractivity contribution in [1.29, 1.82) is 0 Å². The number of nitrogens with zero attached hydrogens (tertiary/aromatic N) is 1. The molecule has 2 aliphatic rings. The Labute approximate surface area is 132 Å². The lowest BCUT2D eigenvalue weighted by Gasteiger charge is -2.24. The molecular formula is C18H24N2O2. The first-order valence-electron chi connectivity index (χ1n) is 8.18. The SMILES string of the molecule is CC(CCNC(=O)C1=Cc2ccccc2OC1)N1CCCC1. The molecule has 0 radical (unpaired) electrons. The highest BCUT2D eigenvalue weighted by atomic mass is 16.5. The lowest BCUT2D eigenvalue weighted by atomic mass is 10.1. The summed E-state index contributed by atoms with van der Waals surface area (Å²) in [5.74, 6) is 0.838. The highest BCUT2D eigenvalue weighted by Gasteiger charge is 2.19. The van der Waals surface area contributed by atoms with Crippen LogP contribution in [0.3, 0.4) is 0 Å². The summed E-state index contributed by atoms with van der Waals surface area (Å²) < 4.78 is 5.63. The standard InChI is InChI=1S/C18H24N2O2/c1-14(20-10-4-5-11-20)8-9-19-18(21)16-12-15-6-2-3-7-17(15)22-13-16/h2-3,6-7,12,14H,4-5,8-11,13H2,1H3,(H,19,21). The molecule has 0 aliphatic carbocycles. The zero-order valence-electron chi connectivity index (χ0n) is 13.2. The molecule has 1 atom stereocenters. The molecule has 22 heavy (non-hydrogen) atoms. The average Bonchev–Trinajstić information content (AvgIpc) is 3.08. The number of ether oxygens (including phenoxy) is 1. The Kier molecular flexibility index (Phi) is 4.78. The van der Waals surface area contributed by atoms with E-state index in [2.05, 4.69) is 17.1 Å². The monoisotopic (exact) mass is 300 g/mol. The van der Waals surface area contributed by atoms with Crippen LogP contribution in [0, 0.1) is 0 Å². The summed E-state index contributed by atoms with van der Waals surface area (Å²) in [7, 11) is 0. The number of para-hydroxylation sites is 1. The van der Waals surface area contributed by atoms with Crippen LogP contribution in [0.25, 0.3) is 6.08 Å². The van der Waals surface area contributed by atoms with Gasteiger partial charge in [-0.25, -0.2) is 0 Å². The van der Waals surface area contributed by atoms with E-state index in [0.717, 1.165) is 24.3 Å². The quantitative estimate of drug-likeness (QED) is 0.908. The molecule has 1 amide bonds. The van der Waals surface area contributed by atoms with E-state index in [9.17, 15) is 4.79 Å². The van der Waals surface area contributed by atoms with Crippen LogP contribution >= 0.6 is 0 Å². The number of likely N-dealkylation sites (tertiary alicyclic amines) is 1. The third-order valence-corrected chi connectivity index (χ3v) is 4.54. The third kappa shape index (κ3) is 3.50. The molecule has 3 rings (SSSR count). The second-order valence-corrected chi connectivity index (χ2v) is 6.13. The van der Waals surface area contributed by atoms with E-state index in [1.54, 1.807) is 0 Å². The van der Waals surface area contributed by atoms with Gasteiger partial charge < -0.3 is 15.0 Å². The second-order valence-electron chi connectivity index (χ2n) is 6.13. The van der Waals surface area contributed by atoms with Gasteiger partial charge in [-0.15, -0.1) is 0 Å². The molecule has 1 saturated heterocycles. The van der Waals surface area contributed by atoms with Crippen molar-refractivity contribution in [1.82, 2.24) is 10.2 Å². The summed E-state index contributed by atoms with van der Waals surface area (Å²) in [5, 5.41) is 3.02. The predicted molar refractivity (Wildman–Crippen MR) is 87.8 cm³/mol. The van der Waals surface area contributed by atoms with Gasteiger partial charge in [0.25, 0.3) is 5.91 Å². The molecule has 1 fully saturated rings. The molecule has 0 aromatic heterocycles. The van der Waals surface area contributed by atoms with Gasteiger partial charge in [-0.2, -0.15) is 0 Å². The Morgan fingerprint density at radius 3 is 2.91 bits per heavy atom. The van der Waals surface area contributed by atoms with Gasteiger partial charge in [0.1, 0.15) is 12.4 Å². The maximum absolute atomic E-state index is 12.2. The molecule has 1 aromatic carbocycles. The summed E-state index contributed by atoms with van der Waals surface area (Å²) in [5.41, 5.74) is 1.68. The molecule has 4 heteroatoms. The summed E-state index contributed by atoms with van der Waals surface area (Å²) in [6.07, 6.45) is 5.54. The van der Waals surface area contributed by atoms with Crippen molar-refractivity contribution < 1.29 is 9.53 Å². The highest BCUT2D eigenvalue weighted by molar-refractivity contribution is 5.99. The second kappa shape index (κ2) is 6.97. The third-order valence-electron chi connectivity index (χ3n) is 4.54. The van der Waals surface area contributed by atoms with Crippen LogP contribution in [0.4, 0.5) is 0 Å². The van der Waals surface area contributed by atoms with Crippen molar-refractivity contribution in [2.75, 3.05) is 26.2 Å². The molecule has 0 saturated carbocycles. The Morgan fingerprint density at radius 2 is 2.09 bits per heavy atom. The minimum absolute atomic E-state index is 0.0110. The summed E-state index contributed by atoms with van der Waals surface area (Å²) in [6.45, 7) is 5.71. The number of rotatable bonds is 5. The molecule has 118 valence electrons. The van der Waals surface area contributed by atoms with Crippen LogP contribution in [0.15, 0.2) is 29.8 Å². The number of hydrogen-bond acceptors (Lipinski definition) is 3. The fourth-order valence-electron chi connectivity index (χ4n) is 3.12. The summed E-state index contributed by atoms with van der Waals surface area (Å²) in [4.78, 5) is 14.7. The zero-order valence-corrected chi connectivity index (χ0v) is 13.2. The predicted octanol–water partition coefficient (Wildman–Crippen LogP) is 2.45. The minimum Gasteiger partial charge on any atom is -0.488 e. The first-order chi connectivity index (χ1) is 10.7.